The second-order valence-corrected chi connectivity index (χ2v) is 5.16. The third-order valence-electron chi connectivity index (χ3n) is 3.63. The fraction of sp³-hybridized carbons (Fsp3) is 0.438. The van der Waals surface area contributed by atoms with E-state index in [1.807, 2.05) is 4.68 Å². The Bertz CT molecular complexity index is 522. The smallest absolute Gasteiger partial charge is 0.0815 e. The van der Waals surface area contributed by atoms with Crippen molar-refractivity contribution in [2.24, 2.45) is 0 Å². The molecule has 2 aromatic rings. The summed E-state index contributed by atoms with van der Waals surface area (Å²) in [4.78, 5) is 0. The predicted molar refractivity (Wildman–Crippen MR) is 80.5 cm³/mol. The maximum Gasteiger partial charge on any atom is 0.0815 e. The van der Waals surface area contributed by atoms with E-state index in [9.17, 15) is 0 Å². The van der Waals surface area contributed by atoms with Crippen LogP contribution >= 0.6 is 0 Å². The van der Waals surface area contributed by atoms with Crippen molar-refractivity contribution >= 4 is 5.69 Å². The van der Waals surface area contributed by atoms with E-state index < -0.39 is 0 Å². The summed E-state index contributed by atoms with van der Waals surface area (Å²) in [5.41, 5.74) is 4.87. The van der Waals surface area contributed by atoms with Crippen molar-refractivity contribution in [1.29, 1.82) is 0 Å². The monoisotopic (exact) mass is 257 g/mol. The first kappa shape index (κ1) is 13.7. The van der Waals surface area contributed by atoms with E-state index in [1.165, 1.54) is 16.8 Å². The third kappa shape index (κ3) is 3.16. The Labute approximate surface area is 115 Å². The first-order valence-corrected chi connectivity index (χ1v) is 6.96. The van der Waals surface area contributed by atoms with Gasteiger partial charge in [-0.15, -0.1) is 0 Å². The van der Waals surface area contributed by atoms with Gasteiger partial charge in [0.25, 0.3) is 0 Å². The summed E-state index contributed by atoms with van der Waals surface area (Å²) in [6, 6.07) is 8.91. The van der Waals surface area contributed by atoms with Gasteiger partial charge >= 0.3 is 0 Å². The van der Waals surface area contributed by atoms with Crippen LogP contribution in [0.3, 0.4) is 0 Å². The molecule has 1 aromatic carbocycles. The Morgan fingerprint density at radius 1 is 1.21 bits per heavy atom. The summed E-state index contributed by atoms with van der Waals surface area (Å²) >= 11 is 0. The average Bonchev–Trinajstić information content (AvgIpc) is 2.86. The number of nitrogens with zero attached hydrogens (tertiary/aromatic N) is 2. The second kappa shape index (κ2) is 5.91. The number of nitrogens with one attached hydrogen (secondary N) is 1. The number of aromatic nitrogens is 2. The molecule has 0 amide bonds. The molecule has 1 atom stereocenters. The minimum absolute atomic E-state index is 0.467. The second-order valence-electron chi connectivity index (χ2n) is 5.16. The zero-order chi connectivity index (χ0) is 13.8. The van der Waals surface area contributed by atoms with Crippen LogP contribution in [-0.4, -0.2) is 9.78 Å². The molecule has 0 aliphatic heterocycles. The summed E-state index contributed by atoms with van der Waals surface area (Å²) in [6.45, 7) is 9.41. The molecule has 0 saturated heterocycles. The van der Waals surface area contributed by atoms with E-state index in [0.29, 0.717) is 6.04 Å². The van der Waals surface area contributed by atoms with Crippen LogP contribution in [0, 0.1) is 13.8 Å². The first-order chi connectivity index (χ1) is 9.11. The van der Waals surface area contributed by atoms with Gasteiger partial charge in [-0.3, -0.25) is 4.68 Å². The third-order valence-corrected chi connectivity index (χ3v) is 3.63. The maximum atomic E-state index is 4.61. The molecule has 3 nitrogen and oxygen atoms in total. The first-order valence-electron chi connectivity index (χ1n) is 6.96. The molecular weight excluding hydrogens is 234 g/mol. The number of hydrogen-bond donors (Lipinski definition) is 1. The molecule has 0 saturated carbocycles. The molecule has 0 bridgehead atoms. The van der Waals surface area contributed by atoms with E-state index in [4.69, 9.17) is 0 Å². The lowest BCUT2D eigenvalue weighted by Gasteiger charge is -2.12. The summed E-state index contributed by atoms with van der Waals surface area (Å²) in [6.07, 6.45) is 3.17. The van der Waals surface area contributed by atoms with E-state index in [-0.39, 0.29) is 0 Å². The fourth-order valence-corrected chi connectivity index (χ4v) is 2.18. The van der Waals surface area contributed by atoms with Crippen molar-refractivity contribution in [3.63, 3.8) is 0 Å². The Morgan fingerprint density at radius 2 is 1.89 bits per heavy atom. The van der Waals surface area contributed by atoms with Crippen molar-refractivity contribution < 1.29 is 0 Å². The molecule has 0 radical (unpaired) electrons. The molecule has 0 aliphatic carbocycles. The van der Waals surface area contributed by atoms with Crippen molar-refractivity contribution in [3.8, 4) is 0 Å². The molecule has 1 N–H and O–H groups in total. The molecule has 1 aromatic heterocycles. The number of hydrogen-bond acceptors (Lipinski definition) is 2. The number of aryl methyl sites for hydroxylation is 2. The van der Waals surface area contributed by atoms with Crippen LogP contribution in [0.4, 0.5) is 5.69 Å². The van der Waals surface area contributed by atoms with Crippen LogP contribution in [0.5, 0.6) is 0 Å². The van der Waals surface area contributed by atoms with Crippen LogP contribution in [-0.2, 0) is 6.54 Å². The Hall–Kier alpha value is -1.77. The number of benzene rings is 1. The van der Waals surface area contributed by atoms with Gasteiger partial charge in [0.1, 0.15) is 0 Å². The fourth-order valence-electron chi connectivity index (χ4n) is 2.18. The van der Waals surface area contributed by atoms with E-state index in [0.717, 1.165) is 18.7 Å². The topological polar surface area (TPSA) is 29.9 Å². The molecule has 0 spiro atoms. The number of rotatable bonds is 5. The Balaban J connectivity index is 2.05. The minimum Gasteiger partial charge on any atom is -0.379 e. The predicted octanol–water partition coefficient (Wildman–Crippen LogP) is 4.08. The van der Waals surface area contributed by atoms with Gasteiger partial charge in [0.2, 0.25) is 0 Å². The molecule has 0 fully saturated rings. The van der Waals surface area contributed by atoms with E-state index in [2.05, 4.69) is 68.6 Å². The lowest BCUT2D eigenvalue weighted by molar-refractivity contribution is 0.474. The van der Waals surface area contributed by atoms with Crippen LogP contribution in [0.1, 0.15) is 43.1 Å². The quantitative estimate of drug-likeness (QED) is 0.874. The number of anilines is 1. The van der Waals surface area contributed by atoms with Gasteiger partial charge in [-0.25, -0.2) is 0 Å². The summed E-state index contributed by atoms with van der Waals surface area (Å²) < 4.78 is 2.04. The lowest BCUT2D eigenvalue weighted by atomic mass is 10.1. The van der Waals surface area contributed by atoms with Crippen LogP contribution in [0.25, 0.3) is 0 Å². The van der Waals surface area contributed by atoms with Gasteiger partial charge < -0.3 is 5.32 Å². The van der Waals surface area contributed by atoms with Crippen LogP contribution in [0.15, 0.2) is 30.5 Å². The molecule has 102 valence electrons. The molecule has 3 heteroatoms. The maximum absolute atomic E-state index is 4.61. The summed E-state index contributed by atoms with van der Waals surface area (Å²) in [7, 11) is 0. The highest BCUT2D eigenvalue weighted by Crippen LogP contribution is 2.20. The standard InChI is InChI=1S/C16H23N3/c1-5-14(4)19-10-9-15(18-19)11-17-16-12(2)7-6-8-13(16)3/h6-10,14,17H,5,11H2,1-4H3. The van der Waals surface area contributed by atoms with Gasteiger partial charge in [-0.1, -0.05) is 25.1 Å². The lowest BCUT2D eigenvalue weighted by Crippen LogP contribution is -2.07. The van der Waals surface area contributed by atoms with Crippen molar-refractivity contribution in [2.75, 3.05) is 5.32 Å². The van der Waals surface area contributed by atoms with Crippen LogP contribution in [0.2, 0.25) is 0 Å². The SMILES string of the molecule is CCC(C)n1ccc(CNc2c(C)cccc2C)n1. The van der Waals surface area contributed by atoms with Gasteiger partial charge in [-0.2, -0.15) is 5.10 Å². The minimum atomic E-state index is 0.467. The Morgan fingerprint density at radius 3 is 2.53 bits per heavy atom. The van der Waals surface area contributed by atoms with Crippen LogP contribution < -0.4 is 5.32 Å². The molecule has 2 rings (SSSR count). The van der Waals surface area contributed by atoms with E-state index >= 15 is 0 Å². The highest BCUT2D eigenvalue weighted by molar-refractivity contribution is 5.56. The summed E-state index contributed by atoms with van der Waals surface area (Å²) in [5.74, 6) is 0. The molecule has 19 heavy (non-hydrogen) atoms. The van der Waals surface area contributed by atoms with Crippen molar-refractivity contribution in [2.45, 2.75) is 46.7 Å². The average molecular weight is 257 g/mol. The zero-order valence-corrected chi connectivity index (χ0v) is 12.3. The molecular formula is C16H23N3. The highest BCUT2D eigenvalue weighted by atomic mass is 15.3. The highest BCUT2D eigenvalue weighted by Gasteiger charge is 2.06. The van der Waals surface area contributed by atoms with Gasteiger partial charge in [-0.05, 0) is 44.4 Å². The van der Waals surface area contributed by atoms with Gasteiger partial charge in [0.05, 0.1) is 12.2 Å². The largest absolute Gasteiger partial charge is 0.379 e. The van der Waals surface area contributed by atoms with E-state index in [1.54, 1.807) is 0 Å². The molecule has 0 aliphatic rings. The summed E-state index contributed by atoms with van der Waals surface area (Å²) in [5, 5.41) is 8.10. The Kier molecular flexibility index (Phi) is 4.25. The van der Waals surface area contributed by atoms with Gasteiger partial charge in [0, 0.05) is 17.9 Å². The van der Waals surface area contributed by atoms with Crippen molar-refractivity contribution in [1.82, 2.24) is 9.78 Å². The number of para-hydroxylation sites is 1. The molecule has 1 heterocycles. The zero-order valence-electron chi connectivity index (χ0n) is 12.3. The van der Waals surface area contributed by atoms with Gasteiger partial charge in [0.15, 0.2) is 0 Å². The normalized spacial score (nSPS) is 12.4. The van der Waals surface area contributed by atoms with Crippen molar-refractivity contribution in [3.05, 3.63) is 47.3 Å². The molecule has 1 unspecified atom stereocenters.